The van der Waals surface area contributed by atoms with Crippen LogP contribution in [0.15, 0.2) is 24.5 Å². The molecule has 0 aliphatic heterocycles. The number of nitrogens with one attached hydrogen (secondary N) is 1. The number of aryl methyl sites for hydroxylation is 1. The number of nitrogens with zero attached hydrogens (tertiary/aromatic N) is 4. The third kappa shape index (κ3) is 2.76. The number of non-ortho nitro benzene ring substituents is 1. The lowest BCUT2D eigenvalue weighted by atomic mass is 9.88. The molecule has 1 atom stereocenters. The lowest BCUT2D eigenvalue weighted by Gasteiger charge is -2.18. The Labute approximate surface area is 153 Å². The molecule has 0 amide bonds. The minimum Gasteiger partial charge on any atom is -0.338 e. The number of hydrogen-bond acceptors (Lipinski definition) is 7. The van der Waals surface area contributed by atoms with Crippen molar-refractivity contribution in [1.29, 1.82) is 5.26 Å². The minimum absolute atomic E-state index is 0.110. The second kappa shape index (κ2) is 6.35. The summed E-state index contributed by atoms with van der Waals surface area (Å²) in [5.74, 6) is 1.26. The van der Waals surface area contributed by atoms with Crippen molar-refractivity contribution in [3.63, 3.8) is 0 Å². The molecule has 1 aliphatic rings. The Kier molecular flexibility index (Phi) is 4.01. The molecular weight excluding hydrogens is 350 g/mol. The van der Waals surface area contributed by atoms with Crippen LogP contribution in [0.2, 0.25) is 0 Å². The van der Waals surface area contributed by atoms with Crippen molar-refractivity contribution in [3.05, 3.63) is 50.6 Å². The fourth-order valence-corrected chi connectivity index (χ4v) is 4.54. The highest BCUT2D eigenvalue weighted by Gasteiger charge is 2.23. The second-order valence-corrected chi connectivity index (χ2v) is 7.56. The van der Waals surface area contributed by atoms with E-state index in [0.717, 1.165) is 23.1 Å². The zero-order chi connectivity index (χ0) is 18.3. The normalized spacial score (nSPS) is 16.1. The minimum atomic E-state index is -0.510. The standard InChI is InChI=1S/C18H15N5O2S/c1-10-2-5-15-13(6-10)16-17(20-9-21-18(16)26-15)22-14-4-3-12(23(24)25)7-11(14)8-19/h3-4,7,9-10H,2,5-6H2,1H3,(H,20,21,22). The van der Waals surface area contributed by atoms with Crippen molar-refractivity contribution in [2.75, 3.05) is 5.32 Å². The molecule has 0 radical (unpaired) electrons. The summed E-state index contributed by atoms with van der Waals surface area (Å²) in [6.45, 7) is 2.24. The van der Waals surface area contributed by atoms with Crippen molar-refractivity contribution in [3.8, 4) is 6.07 Å². The molecule has 1 unspecified atom stereocenters. The fraction of sp³-hybridized carbons (Fsp3) is 0.278. The number of hydrogen-bond donors (Lipinski definition) is 1. The molecule has 7 nitrogen and oxygen atoms in total. The topological polar surface area (TPSA) is 105 Å². The van der Waals surface area contributed by atoms with Gasteiger partial charge in [0, 0.05) is 17.0 Å². The van der Waals surface area contributed by atoms with Crippen LogP contribution < -0.4 is 5.32 Å². The van der Waals surface area contributed by atoms with Gasteiger partial charge in [0.05, 0.1) is 21.6 Å². The third-order valence-corrected chi connectivity index (χ3v) is 5.87. The summed E-state index contributed by atoms with van der Waals surface area (Å²) in [7, 11) is 0. The number of nitriles is 1. The number of anilines is 2. The highest BCUT2D eigenvalue weighted by molar-refractivity contribution is 7.19. The molecule has 1 aliphatic carbocycles. The van der Waals surface area contributed by atoms with Crippen LogP contribution in [-0.2, 0) is 12.8 Å². The van der Waals surface area contributed by atoms with Crippen LogP contribution >= 0.6 is 11.3 Å². The molecule has 2 heterocycles. The molecule has 1 aromatic carbocycles. The van der Waals surface area contributed by atoms with Gasteiger partial charge < -0.3 is 5.32 Å². The van der Waals surface area contributed by atoms with Gasteiger partial charge in [-0.2, -0.15) is 5.26 Å². The zero-order valence-corrected chi connectivity index (χ0v) is 14.8. The molecule has 26 heavy (non-hydrogen) atoms. The lowest BCUT2D eigenvalue weighted by molar-refractivity contribution is -0.384. The predicted octanol–water partition coefficient (Wildman–Crippen LogP) is 4.34. The molecule has 0 saturated heterocycles. The van der Waals surface area contributed by atoms with Gasteiger partial charge in [0.1, 0.15) is 23.0 Å². The van der Waals surface area contributed by atoms with Crippen molar-refractivity contribution >= 4 is 38.7 Å². The fourth-order valence-electron chi connectivity index (χ4n) is 3.35. The number of fused-ring (bicyclic) bond motifs is 3. The van der Waals surface area contributed by atoms with E-state index in [9.17, 15) is 15.4 Å². The largest absolute Gasteiger partial charge is 0.338 e. The van der Waals surface area contributed by atoms with Crippen LogP contribution in [-0.4, -0.2) is 14.9 Å². The summed E-state index contributed by atoms with van der Waals surface area (Å²) in [6, 6.07) is 6.21. The van der Waals surface area contributed by atoms with Gasteiger partial charge in [0.25, 0.3) is 5.69 Å². The molecule has 8 heteroatoms. The van der Waals surface area contributed by atoms with Gasteiger partial charge in [-0.05, 0) is 36.8 Å². The van der Waals surface area contributed by atoms with E-state index in [1.807, 2.05) is 6.07 Å². The molecule has 4 rings (SSSR count). The van der Waals surface area contributed by atoms with Crippen LogP contribution in [0.5, 0.6) is 0 Å². The van der Waals surface area contributed by atoms with E-state index < -0.39 is 4.92 Å². The van der Waals surface area contributed by atoms with Crippen LogP contribution in [0.1, 0.15) is 29.3 Å². The Bertz CT molecular complexity index is 1070. The summed E-state index contributed by atoms with van der Waals surface area (Å²) >= 11 is 1.70. The summed E-state index contributed by atoms with van der Waals surface area (Å²) in [4.78, 5) is 21.5. The summed E-state index contributed by atoms with van der Waals surface area (Å²) in [6.07, 6.45) is 4.73. The Morgan fingerprint density at radius 1 is 1.42 bits per heavy atom. The molecule has 1 N–H and O–H groups in total. The average Bonchev–Trinajstić information content (AvgIpc) is 3.00. The molecule has 0 fully saturated rings. The summed E-state index contributed by atoms with van der Waals surface area (Å²) in [5, 5.41) is 24.5. The van der Waals surface area contributed by atoms with E-state index in [2.05, 4.69) is 22.2 Å². The van der Waals surface area contributed by atoms with Gasteiger partial charge in [-0.1, -0.05) is 6.92 Å². The molecular formula is C18H15N5O2S. The molecule has 3 aromatic rings. The number of nitro groups is 1. The van der Waals surface area contributed by atoms with Gasteiger partial charge in [-0.3, -0.25) is 10.1 Å². The number of thiophene rings is 1. The monoisotopic (exact) mass is 365 g/mol. The Morgan fingerprint density at radius 2 is 2.27 bits per heavy atom. The number of aromatic nitrogens is 2. The van der Waals surface area contributed by atoms with Gasteiger partial charge >= 0.3 is 0 Å². The SMILES string of the molecule is CC1CCc2sc3ncnc(Nc4ccc([N+](=O)[O-])cc4C#N)c3c2C1. The Hall–Kier alpha value is -3.05. The third-order valence-electron chi connectivity index (χ3n) is 4.68. The van der Waals surface area contributed by atoms with Gasteiger partial charge in [0.2, 0.25) is 0 Å². The Morgan fingerprint density at radius 3 is 3.04 bits per heavy atom. The second-order valence-electron chi connectivity index (χ2n) is 6.48. The van der Waals surface area contributed by atoms with Crippen LogP contribution in [0.4, 0.5) is 17.2 Å². The maximum absolute atomic E-state index is 10.9. The van der Waals surface area contributed by atoms with E-state index in [0.29, 0.717) is 17.4 Å². The first-order valence-corrected chi connectivity index (χ1v) is 9.09. The van der Waals surface area contributed by atoms with E-state index in [4.69, 9.17) is 0 Å². The highest BCUT2D eigenvalue weighted by atomic mass is 32.1. The molecule has 0 saturated carbocycles. The van der Waals surface area contributed by atoms with Crippen molar-refractivity contribution in [2.45, 2.75) is 26.2 Å². The van der Waals surface area contributed by atoms with Crippen LogP contribution in [0, 0.1) is 27.4 Å². The quantitative estimate of drug-likeness (QED) is 0.547. The van der Waals surface area contributed by atoms with E-state index in [1.165, 1.54) is 35.3 Å². The van der Waals surface area contributed by atoms with Crippen molar-refractivity contribution in [2.24, 2.45) is 5.92 Å². The molecule has 2 aromatic heterocycles. The van der Waals surface area contributed by atoms with Crippen LogP contribution in [0.25, 0.3) is 10.2 Å². The van der Waals surface area contributed by atoms with Crippen molar-refractivity contribution < 1.29 is 4.92 Å². The number of rotatable bonds is 3. The van der Waals surface area contributed by atoms with Gasteiger partial charge in [0.15, 0.2) is 0 Å². The van der Waals surface area contributed by atoms with Gasteiger partial charge in [-0.25, -0.2) is 9.97 Å². The zero-order valence-electron chi connectivity index (χ0n) is 14.0. The Balaban J connectivity index is 1.80. The molecule has 0 bridgehead atoms. The van der Waals surface area contributed by atoms with Crippen LogP contribution in [0.3, 0.4) is 0 Å². The van der Waals surface area contributed by atoms with E-state index in [1.54, 1.807) is 17.4 Å². The summed E-state index contributed by atoms with van der Waals surface area (Å²) < 4.78 is 0. The smallest absolute Gasteiger partial charge is 0.270 e. The molecule has 0 spiro atoms. The van der Waals surface area contributed by atoms with E-state index in [-0.39, 0.29) is 11.3 Å². The first kappa shape index (κ1) is 16.4. The first-order valence-electron chi connectivity index (χ1n) is 8.27. The van der Waals surface area contributed by atoms with E-state index >= 15 is 0 Å². The lowest BCUT2D eigenvalue weighted by Crippen LogP contribution is -2.09. The van der Waals surface area contributed by atoms with Gasteiger partial charge in [-0.15, -0.1) is 11.3 Å². The highest BCUT2D eigenvalue weighted by Crippen LogP contribution is 2.40. The maximum atomic E-state index is 10.9. The summed E-state index contributed by atoms with van der Waals surface area (Å²) in [5.41, 5.74) is 1.89. The van der Waals surface area contributed by atoms with Crippen molar-refractivity contribution in [1.82, 2.24) is 9.97 Å². The average molecular weight is 365 g/mol. The molecule has 130 valence electrons. The number of benzene rings is 1. The predicted molar refractivity (Wildman–Crippen MR) is 99.7 cm³/mol. The first-order chi connectivity index (χ1) is 12.6. The number of nitro benzene ring substituents is 1. The maximum Gasteiger partial charge on any atom is 0.270 e.